The Bertz CT molecular complexity index is 846. The third kappa shape index (κ3) is 14.5. The number of benzene rings is 1. The van der Waals surface area contributed by atoms with Gasteiger partial charge in [-0.2, -0.15) is 0 Å². The summed E-state index contributed by atoms with van der Waals surface area (Å²) in [6.07, 6.45) is 34.1. The first-order chi connectivity index (χ1) is 15.3. The van der Waals surface area contributed by atoms with Crippen molar-refractivity contribution >= 4 is 12.0 Å². The average Bonchev–Trinajstić information content (AvgIpc) is 2.78. The molecule has 1 rings (SSSR count). The summed E-state index contributed by atoms with van der Waals surface area (Å²) in [5.74, 6) is -0.0775. The lowest BCUT2D eigenvalue weighted by Crippen LogP contribution is -2.32. The highest BCUT2D eigenvalue weighted by atomic mass is 16.1. The van der Waals surface area contributed by atoms with Gasteiger partial charge in [0.2, 0.25) is 5.91 Å². The van der Waals surface area contributed by atoms with Crippen LogP contribution in [0.25, 0.3) is 6.08 Å². The first-order valence-corrected chi connectivity index (χ1v) is 10.7. The normalized spacial score (nSPS) is 12.7. The lowest BCUT2D eigenvalue weighted by Gasteiger charge is -2.15. The Hall–Kier alpha value is -3.49. The lowest BCUT2D eigenvalue weighted by atomic mass is 10.0. The molecule has 170 valence electrons. The van der Waals surface area contributed by atoms with Crippen molar-refractivity contribution in [3.05, 3.63) is 88.6 Å². The monoisotopic (exact) mass is 429 g/mol. The topological polar surface area (TPSA) is 29.1 Å². The Morgan fingerprint density at radius 2 is 1.62 bits per heavy atom. The number of rotatable bonds is 9. The number of amides is 1. The molecule has 0 aromatic heterocycles. The summed E-state index contributed by atoms with van der Waals surface area (Å²) in [5.41, 5.74) is 5.89. The van der Waals surface area contributed by atoms with Crippen molar-refractivity contribution < 1.29 is 4.79 Å². The molecule has 2 heteroatoms. The molecule has 32 heavy (non-hydrogen) atoms. The number of carbonyl (C=O) groups is 1. The van der Waals surface area contributed by atoms with Crippen LogP contribution in [-0.2, 0) is 4.79 Å². The minimum Gasteiger partial charge on any atom is -0.346 e. The summed E-state index contributed by atoms with van der Waals surface area (Å²) in [4.78, 5) is 12.3. The Morgan fingerprint density at radius 3 is 2.16 bits per heavy atom. The molecule has 1 atom stereocenters. The van der Waals surface area contributed by atoms with Gasteiger partial charge < -0.3 is 5.32 Å². The highest BCUT2D eigenvalue weighted by Crippen LogP contribution is 2.13. The van der Waals surface area contributed by atoms with E-state index in [2.05, 4.69) is 94.3 Å². The van der Waals surface area contributed by atoms with Gasteiger partial charge in [0.1, 0.15) is 0 Å². The van der Waals surface area contributed by atoms with Gasteiger partial charge >= 0.3 is 0 Å². The summed E-state index contributed by atoms with van der Waals surface area (Å²) in [6.45, 7) is 12.3. The molecular weight excluding hydrogens is 390 g/mol. The number of carbonyl (C=O) groups excluding carboxylic acids is 1. The van der Waals surface area contributed by atoms with Crippen LogP contribution in [0.4, 0.5) is 0 Å². The minimum atomic E-state index is -0.0775. The predicted molar refractivity (Wildman–Crippen MR) is 143 cm³/mol. The summed E-state index contributed by atoms with van der Waals surface area (Å²) in [5, 5.41) is 3.06. The maximum Gasteiger partial charge on any atom is 0.244 e. The fraction of sp³-hybridized carbons (Fsp3) is 0.300. The molecule has 0 spiro atoms. The van der Waals surface area contributed by atoms with Gasteiger partial charge in [-0.3, -0.25) is 4.79 Å². The Morgan fingerprint density at radius 1 is 1.03 bits per heavy atom. The molecule has 0 heterocycles. The second kappa shape index (κ2) is 19.5. The van der Waals surface area contributed by atoms with E-state index in [1.807, 2.05) is 39.0 Å². The average molecular weight is 430 g/mol. The molecule has 1 amide bonds. The second-order valence-electron chi connectivity index (χ2n) is 7.26. The molecule has 0 saturated carbocycles. The molecule has 0 aliphatic carbocycles. The zero-order valence-corrected chi connectivity index (χ0v) is 20.6. The first kappa shape index (κ1) is 30.7. The van der Waals surface area contributed by atoms with Gasteiger partial charge in [-0.05, 0) is 71.6 Å². The molecule has 0 saturated heterocycles. The fourth-order valence-electron chi connectivity index (χ4n) is 3.03. The van der Waals surface area contributed by atoms with E-state index in [0.717, 1.165) is 24.0 Å². The summed E-state index contributed by atoms with van der Waals surface area (Å²) < 4.78 is 0. The maximum absolute atomic E-state index is 12.3. The summed E-state index contributed by atoms with van der Waals surface area (Å²) >= 11 is 0. The summed E-state index contributed by atoms with van der Waals surface area (Å²) in [6, 6.07) is 6.25. The molecule has 0 aliphatic rings. The van der Waals surface area contributed by atoms with Crippen LogP contribution in [0.3, 0.4) is 0 Å². The van der Waals surface area contributed by atoms with Crippen LogP contribution in [0.1, 0.15) is 57.2 Å². The Kier molecular flexibility index (Phi) is 18.7. The lowest BCUT2D eigenvalue weighted by molar-refractivity contribution is -0.116. The third-order valence-corrected chi connectivity index (χ3v) is 4.42. The first-order valence-electron chi connectivity index (χ1n) is 10.7. The molecule has 0 fully saturated rings. The molecule has 1 aromatic rings. The fourth-order valence-corrected chi connectivity index (χ4v) is 3.03. The number of allylic oxidation sites excluding steroid dienone is 6. The van der Waals surface area contributed by atoms with Crippen LogP contribution in [0.5, 0.6) is 0 Å². The van der Waals surface area contributed by atoms with Crippen molar-refractivity contribution in [3.63, 3.8) is 0 Å². The van der Waals surface area contributed by atoms with Crippen LogP contribution in [0.15, 0.2) is 71.9 Å². The Balaban J connectivity index is 0. The van der Waals surface area contributed by atoms with E-state index in [0.29, 0.717) is 0 Å². The van der Waals surface area contributed by atoms with E-state index in [9.17, 15) is 4.79 Å². The van der Waals surface area contributed by atoms with Crippen molar-refractivity contribution in [3.8, 4) is 25.7 Å². The highest BCUT2D eigenvalue weighted by Gasteiger charge is 2.08. The molecule has 1 unspecified atom stereocenters. The van der Waals surface area contributed by atoms with E-state index < -0.39 is 0 Å². The minimum absolute atomic E-state index is 0.0325. The zero-order valence-electron chi connectivity index (χ0n) is 20.6. The van der Waals surface area contributed by atoms with E-state index >= 15 is 0 Å². The Labute approximate surface area is 196 Å². The maximum atomic E-state index is 12.3. The van der Waals surface area contributed by atoms with Gasteiger partial charge in [-0.25, -0.2) is 0 Å². The van der Waals surface area contributed by atoms with Crippen molar-refractivity contribution in [1.29, 1.82) is 0 Å². The van der Waals surface area contributed by atoms with E-state index in [-0.39, 0.29) is 11.9 Å². The third-order valence-electron chi connectivity index (χ3n) is 4.42. The van der Waals surface area contributed by atoms with Gasteiger partial charge in [0.05, 0.1) is 6.04 Å². The number of hydrogen-bond donors (Lipinski definition) is 1. The smallest absolute Gasteiger partial charge is 0.244 e. The predicted octanol–water partition coefficient (Wildman–Crippen LogP) is 7.13. The van der Waals surface area contributed by atoms with Crippen LogP contribution in [-0.4, -0.2) is 11.9 Å². The van der Waals surface area contributed by atoms with Crippen molar-refractivity contribution in [2.75, 3.05) is 0 Å². The number of hydrogen-bond acceptors (Lipinski definition) is 1. The molecule has 1 aromatic carbocycles. The van der Waals surface area contributed by atoms with E-state index in [1.54, 1.807) is 6.08 Å². The summed E-state index contributed by atoms with van der Waals surface area (Å²) in [7, 11) is 0. The van der Waals surface area contributed by atoms with Gasteiger partial charge in [0.25, 0.3) is 0 Å². The highest BCUT2D eigenvalue weighted by molar-refractivity contribution is 5.92. The molecule has 0 radical (unpaired) electrons. The van der Waals surface area contributed by atoms with Gasteiger partial charge in [0, 0.05) is 6.08 Å². The van der Waals surface area contributed by atoms with E-state index in [1.165, 1.54) is 16.7 Å². The standard InChI is InChI=1S/C26H35NO.2C2H2/c1-7-9-10-11-12-13-20(3)19-25(8-2)23(6)27-26(28)15-14-24-17-21(4)16-22(5)18-24;2*1-2/h7-11,14-19,23H,12-13H2,1-6H3,(H,27,28);2*1-2H/b9-7-,11-10-,15-14+,20-19+,25-8+;;. The number of nitrogens with one attached hydrogen (secondary N) is 1. The van der Waals surface area contributed by atoms with Crippen LogP contribution >= 0.6 is 0 Å². The molecule has 2 nitrogen and oxygen atoms in total. The van der Waals surface area contributed by atoms with Crippen molar-refractivity contribution in [2.24, 2.45) is 0 Å². The van der Waals surface area contributed by atoms with E-state index in [4.69, 9.17) is 0 Å². The molecule has 0 aliphatic heterocycles. The number of aryl methyl sites for hydroxylation is 2. The molecular formula is C30H39NO. The number of terminal acetylenes is 2. The van der Waals surface area contributed by atoms with Crippen molar-refractivity contribution in [2.45, 2.75) is 60.4 Å². The van der Waals surface area contributed by atoms with Gasteiger partial charge in [-0.15, -0.1) is 25.7 Å². The quantitative estimate of drug-likeness (QED) is 0.253. The largest absolute Gasteiger partial charge is 0.346 e. The van der Waals surface area contributed by atoms with Gasteiger partial charge in [0.15, 0.2) is 0 Å². The molecule has 0 bridgehead atoms. The molecule has 1 N–H and O–H groups in total. The SMILES string of the molecule is C#C.C#C.C/C=C\C=C/CC/C(C)=C/C(=C\C)C(C)NC(=O)/C=C/c1cc(C)cc(C)c1. The van der Waals surface area contributed by atoms with Crippen LogP contribution in [0.2, 0.25) is 0 Å². The van der Waals surface area contributed by atoms with Crippen LogP contribution < -0.4 is 5.32 Å². The second-order valence-corrected chi connectivity index (χ2v) is 7.26. The van der Waals surface area contributed by atoms with Crippen LogP contribution in [0, 0.1) is 39.5 Å². The zero-order chi connectivity index (χ0) is 24.9. The van der Waals surface area contributed by atoms with Gasteiger partial charge in [-0.1, -0.05) is 71.4 Å². The van der Waals surface area contributed by atoms with Crippen molar-refractivity contribution in [1.82, 2.24) is 5.32 Å².